The van der Waals surface area contributed by atoms with E-state index in [0.29, 0.717) is 12.1 Å². The number of likely N-dealkylation sites (tertiary alicyclic amines) is 1. The minimum atomic E-state index is 0.427. The van der Waals surface area contributed by atoms with Crippen molar-refractivity contribution < 1.29 is 0 Å². The van der Waals surface area contributed by atoms with E-state index in [9.17, 15) is 0 Å². The fraction of sp³-hybridized carbons (Fsp3) is 0.455. The SMILES string of the molecule is Cc1ccc(C(C)NC2CCN(Cc3ccccc3)CC2)c(C)c1. The first kappa shape index (κ1) is 17.2. The highest BCUT2D eigenvalue weighted by atomic mass is 15.1. The second kappa shape index (κ2) is 7.96. The predicted octanol–water partition coefficient (Wildman–Crippen LogP) is 4.62. The molecule has 2 aromatic rings. The van der Waals surface area contributed by atoms with Gasteiger partial charge in [0.15, 0.2) is 0 Å². The van der Waals surface area contributed by atoms with Crippen molar-refractivity contribution in [2.45, 2.75) is 52.2 Å². The molecule has 2 heteroatoms. The molecule has 0 spiro atoms. The van der Waals surface area contributed by atoms with E-state index in [-0.39, 0.29) is 0 Å². The van der Waals surface area contributed by atoms with Gasteiger partial charge in [-0.2, -0.15) is 0 Å². The van der Waals surface area contributed by atoms with Gasteiger partial charge in [-0.05, 0) is 63.4 Å². The largest absolute Gasteiger partial charge is 0.307 e. The third kappa shape index (κ3) is 4.46. The number of rotatable bonds is 5. The van der Waals surface area contributed by atoms with E-state index in [2.05, 4.69) is 79.5 Å². The number of hydrogen-bond acceptors (Lipinski definition) is 2. The minimum Gasteiger partial charge on any atom is -0.307 e. The molecule has 24 heavy (non-hydrogen) atoms. The van der Waals surface area contributed by atoms with E-state index in [4.69, 9.17) is 0 Å². The third-order valence-electron chi connectivity index (χ3n) is 5.21. The van der Waals surface area contributed by atoms with Gasteiger partial charge in [0.05, 0.1) is 0 Å². The van der Waals surface area contributed by atoms with Gasteiger partial charge in [0.25, 0.3) is 0 Å². The van der Waals surface area contributed by atoms with Crippen LogP contribution in [-0.2, 0) is 6.54 Å². The maximum absolute atomic E-state index is 3.85. The van der Waals surface area contributed by atoms with Crippen LogP contribution in [-0.4, -0.2) is 24.0 Å². The highest BCUT2D eigenvalue weighted by Crippen LogP contribution is 2.22. The second-order valence-corrected chi connectivity index (χ2v) is 7.28. The molecule has 1 fully saturated rings. The van der Waals surface area contributed by atoms with Crippen LogP contribution < -0.4 is 5.32 Å². The van der Waals surface area contributed by atoms with Crippen molar-refractivity contribution in [2.75, 3.05) is 13.1 Å². The minimum absolute atomic E-state index is 0.427. The van der Waals surface area contributed by atoms with Gasteiger partial charge in [-0.1, -0.05) is 54.1 Å². The van der Waals surface area contributed by atoms with Gasteiger partial charge < -0.3 is 5.32 Å². The second-order valence-electron chi connectivity index (χ2n) is 7.28. The van der Waals surface area contributed by atoms with Gasteiger partial charge >= 0.3 is 0 Å². The summed E-state index contributed by atoms with van der Waals surface area (Å²) in [4.78, 5) is 2.58. The van der Waals surface area contributed by atoms with E-state index in [1.54, 1.807) is 0 Å². The smallest absolute Gasteiger partial charge is 0.0296 e. The number of benzene rings is 2. The molecule has 0 aliphatic carbocycles. The van der Waals surface area contributed by atoms with Gasteiger partial charge in [0.2, 0.25) is 0 Å². The van der Waals surface area contributed by atoms with Crippen LogP contribution in [0.3, 0.4) is 0 Å². The van der Waals surface area contributed by atoms with Crippen LogP contribution in [0.2, 0.25) is 0 Å². The summed E-state index contributed by atoms with van der Waals surface area (Å²) in [7, 11) is 0. The highest BCUT2D eigenvalue weighted by Gasteiger charge is 2.21. The summed E-state index contributed by atoms with van der Waals surface area (Å²) in [5.41, 5.74) is 5.61. The lowest BCUT2D eigenvalue weighted by atomic mass is 9.97. The zero-order valence-corrected chi connectivity index (χ0v) is 15.3. The third-order valence-corrected chi connectivity index (χ3v) is 5.21. The molecule has 1 aliphatic heterocycles. The number of piperidine rings is 1. The van der Waals surface area contributed by atoms with Crippen molar-refractivity contribution in [1.82, 2.24) is 10.2 Å². The van der Waals surface area contributed by atoms with E-state index < -0.39 is 0 Å². The molecule has 3 rings (SSSR count). The van der Waals surface area contributed by atoms with Crippen LogP contribution >= 0.6 is 0 Å². The maximum Gasteiger partial charge on any atom is 0.0296 e. The lowest BCUT2D eigenvalue weighted by Crippen LogP contribution is -2.43. The fourth-order valence-electron chi connectivity index (χ4n) is 3.85. The van der Waals surface area contributed by atoms with Crippen molar-refractivity contribution in [3.8, 4) is 0 Å². The van der Waals surface area contributed by atoms with Gasteiger partial charge in [-0.15, -0.1) is 0 Å². The molecule has 0 saturated carbocycles. The Bertz CT molecular complexity index is 642. The lowest BCUT2D eigenvalue weighted by molar-refractivity contribution is 0.185. The van der Waals surface area contributed by atoms with Crippen LogP contribution in [0.15, 0.2) is 48.5 Å². The Balaban J connectivity index is 1.50. The Labute approximate surface area is 146 Å². The molecule has 0 amide bonds. The average Bonchev–Trinajstić information content (AvgIpc) is 2.57. The predicted molar refractivity (Wildman–Crippen MR) is 102 cm³/mol. The zero-order chi connectivity index (χ0) is 16.9. The first-order valence-electron chi connectivity index (χ1n) is 9.21. The molecule has 1 N–H and O–H groups in total. The number of hydrogen-bond donors (Lipinski definition) is 1. The summed E-state index contributed by atoms with van der Waals surface area (Å²) in [5.74, 6) is 0. The van der Waals surface area contributed by atoms with E-state index in [0.717, 1.165) is 6.54 Å². The van der Waals surface area contributed by atoms with Crippen LogP contribution in [0.5, 0.6) is 0 Å². The summed E-state index contributed by atoms with van der Waals surface area (Å²) in [6.45, 7) is 10.1. The van der Waals surface area contributed by atoms with Crippen LogP contribution in [0.25, 0.3) is 0 Å². The van der Waals surface area contributed by atoms with Gasteiger partial charge in [0.1, 0.15) is 0 Å². The Kier molecular flexibility index (Phi) is 5.70. The lowest BCUT2D eigenvalue weighted by Gasteiger charge is -2.34. The number of nitrogens with one attached hydrogen (secondary N) is 1. The quantitative estimate of drug-likeness (QED) is 0.864. The van der Waals surface area contributed by atoms with Gasteiger partial charge in [-0.3, -0.25) is 4.90 Å². The molecule has 0 bridgehead atoms. The van der Waals surface area contributed by atoms with Crippen molar-refractivity contribution in [3.05, 3.63) is 70.8 Å². The average molecular weight is 322 g/mol. The molecule has 1 atom stereocenters. The molecule has 1 heterocycles. The molecule has 1 unspecified atom stereocenters. The van der Waals surface area contributed by atoms with Crippen LogP contribution in [0.4, 0.5) is 0 Å². The molecule has 0 radical (unpaired) electrons. The molecular weight excluding hydrogens is 292 g/mol. The van der Waals surface area contributed by atoms with Crippen molar-refractivity contribution in [1.29, 1.82) is 0 Å². The van der Waals surface area contributed by atoms with Crippen LogP contribution in [0.1, 0.15) is 48.1 Å². The summed E-state index contributed by atoms with van der Waals surface area (Å²) in [6, 6.07) is 18.7. The first-order valence-corrected chi connectivity index (χ1v) is 9.21. The Morgan fingerprint density at radius 2 is 1.75 bits per heavy atom. The van der Waals surface area contributed by atoms with Crippen molar-refractivity contribution in [3.63, 3.8) is 0 Å². The Hall–Kier alpha value is -1.64. The van der Waals surface area contributed by atoms with Gasteiger partial charge in [0, 0.05) is 18.6 Å². The van der Waals surface area contributed by atoms with E-state index >= 15 is 0 Å². The summed E-state index contributed by atoms with van der Waals surface area (Å²) >= 11 is 0. The monoisotopic (exact) mass is 322 g/mol. The molecule has 128 valence electrons. The first-order chi connectivity index (χ1) is 11.6. The normalized spacial score (nSPS) is 17.8. The Morgan fingerprint density at radius 1 is 1.04 bits per heavy atom. The maximum atomic E-state index is 3.85. The highest BCUT2D eigenvalue weighted by molar-refractivity contribution is 5.32. The number of nitrogens with zero attached hydrogens (tertiary/aromatic N) is 1. The summed E-state index contributed by atoms with van der Waals surface area (Å²) in [5, 5.41) is 3.85. The molecule has 1 saturated heterocycles. The standard InChI is InChI=1S/C22H30N2/c1-17-9-10-22(18(2)15-17)19(3)23-21-11-13-24(14-12-21)16-20-7-5-4-6-8-20/h4-10,15,19,21,23H,11-14,16H2,1-3H3. The van der Waals surface area contributed by atoms with Gasteiger partial charge in [-0.25, -0.2) is 0 Å². The fourth-order valence-corrected chi connectivity index (χ4v) is 3.85. The molecular formula is C22H30N2. The topological polar surface area (TPSA) is 15.3 Å². The molecule has 0 aromatic heterocycles. The molecule has 2 aromatic carbocycles. The molecule has 1 aliphatic rings. The van der Waals surface area contributed by atoms with Crippen molar-refractivity contribution >= 4 is 0 Å². The summed E-state index contributed by atoms with van der Waals surface area (Å²) < 4.78 is 0. The number of aryl methyl sites for hydroxylation is 2. The summed E-state index contributed by atoms with van der Waals surface area (Å²) in [6.07, 6.45) is 2.48. The van der Waals surface area contributed by atoms with E-state index in [1.165, 1.54) is 48.2 Å². The molecule has 2 nitrogen and oxygen atoms in total. The van der Waals surface area contributed by atoms with E-state index in [1.807, 2.05) is 0 Å². The van der Waals surface area contributed by atoms with Crippen LogP contribution in [0, 0.1) is 13.8 Å². The van der Waals surface area contributed by atoms with Crippen molar-refractivity contribution in [2.24, 2.45) is 0 Å². The zero-order valence-electron chi connectivity index (χ0n) is 15.3. The Morgan fingerprint density at radius 3 is 2.42 bits per heavy atom.